The topological polar surface area (TPSA) is 45.1 Å². The second-order valence-electron chi connectivity index (χ2n) is 5.22. The lowest BCUT2D eigenvalue weighted by Gasteiger charge is -2.23. The smallest absolute Gasteiger partial charge is 0.133 e. The molecular formula is C16H17ClN2O. The molecule has 1 aromatic carbocycles. The van der Waals surface area contributed by atoms with E-state index in [0.717, 1.165) is 5.56 Å². The van der Waals surface area contributed by atoms with Gasteiger partial charge < -0.3 is 10.4 Å². The zero-order valence-electron chi connectivity index (χ0n) is 11.3. The molecule has 1 heterocycles. The lowest BCUT2D eigenvalue weighted by molar-refractivity contribution is 0.136. The van der Waals surface area contributed by atoms with Crippen LogP contribution in [0.3, 0.4) is 0 Å². The van der Waals surface area contributed by atoms with Crippen LogP contribution >= 0.6 is 11.6 Å². The summed E-state index contributed by atoms with van der Waals surface area (Å²) in [5.74, 6) is 0. The summed E-state index contributed by atoms with van der Waals surface area (Å²) in [5, 5.41) is 14.2. The summed E-state index contributed by atoms with van der Waals surface area (Å²) in [4.78, 5) is 4.10. The number of hydrogen-bond donors (Lipinski definition) is 2. The SMILES string of the molecule is CC(NC1c2ccccc2CC1O)c1cccnc1Cl. The predicted octanol–water partition coefficient (Wildman–Crippen LogP) is 3.04. The first kappa shape index (κ1) is 13.6. The van der Waals surface area contributed by atoms with Gasteiger partial charge in [-0.15, -0.1) is 0 Å². The maximum Gasteiger partial charge on any atom is 0.133 e. The van der Waals surface area contributed by atoms with Gasteiger partial charge in [0.2, 0.25) is 0 Å². The summed E-state index contributed by atoms with van der Waals surface area (Å²) in [6.45, 7) is 2.04. The first-order valence-corrected chi connectivity index (χ1v) is 7.17. The zero-order valence-corrected chi connectivity index (χ0v) is 12.0. The molecule has 2 aromatic rings. The number of nitrogens with zero attached hydrogens (tertiary/aromatic N) is 1. The van der Waals surface area contributed by atoms with Crippen LogP contribution in [0.5, 0.6) is 0 Å². The van der Waals surface area contributed by atoms with Crippen molar-refractivity contribution in [3.8, 4) is 0 Å². The van der Waals surface area contributed by atoms with E-state index < -0.39 is 6.10 Å². The van der Waals surface area contributed by atoms with Gasteiger partial charge in [-0.1, -0.05) is 41.9 Å². The maximum absolute atomic E-state index is 10.3. The largest absolute Gasteiger partial charge is 0.391 e. The molecule has 1 aromatic heterocycles. The highest BCUT2D eigenvalue weighted by atomic mass is 35.5. The van der Waals surface area contributed by atoms with Gasteiger partial charge in [0.25, 0.3) is 0 Å². The monoisotopic (exact) mass is 288 g/mol. The van der Waals surface area contributed by atoms with Crippen molar-refractivity contribution >= 4 is 11.6 Å². The second-order valence-corrected chi connectivity index (χ2v) is 5.58. The van der Waals surface area contributed by atoms with Crippen molar-refractivity contribution in [3.63, 3.8) is 0 Å². The second kappa shape index (κ2) is 5.52. The molecular weight excluding hydrogens is 272 g/mol. The molecule has 3 unspecified atom stereocenters. The number of aliphatic hydroxyl groups is 1. The first-order valence-electron chi connectivity index (χ1n) is 6.79. The van der Waals surface area contributed by atoms with Crippen molar-refractivity contribution in [2.24, 2.45) is 0 Å². The van der Waals surface area contributed by atoms with Gasteiger partial charge in [0.05, 0.1) is 12.1 Å². The molecule has 0 saturated heterocycles. The molecule has 0 fully saturated rings. The van der Waals surface area contributed by atoms with E-state index in [0.29, 0.717) is 11.6 Å². The number of aromatic nitrogens is 1. The van der Waals surface area contributed by atoms with E-state index in [9.17, 15) is 5.11 Å². The normalized spacial score (nSPS) is 22.6. The summed E-state index contributed by atoms with van der Waals surface area (Å²) < 4.78 is 0. The molecule has 20 heavy (non-hydrogen) atoms. The third-order valence-corrected chi connectivity index (χ3v) is 4.20. The summed E-state index contributed by atoms with van der Waals surface area (Å²) in [5.41, 5.74) is 3.33. The summed E-state index contributed by atoms with van der Waals surface area (Å²) in [7, 11) is 0. The third kappa shape index (κ3) is 2.44. The number of benzene rings is 1. The molecule has 0 spiro atoms. The van der Waals surface area contributed by atoms with Gasteiger partial charge in [-0.25, -0.2) is 4.98 Å². The number of pyridine rings is 1. The Labute approximate surface area is 123 Å². The van der Waals surface area contributed by atoms with Gasteiger partial charge in [0.1, 0.15) is 5.15 Å². The fraction of sp³-hybridized carbons (Fsp3) is 0.312. The Morgan fingerprint density at radius 3 is 2.90 bits per heavy atom. The molecule has 3 nitrogen and oxygen atoms in total. The summed E-state index contributed by atoms with van der Waals surface area (Å²) in [6, 6.07) is 12.0. The molecule has 2 N–H and O–H groups in total. The van der Waals surface area contributed by atoms with Gasteiger partial charge in [-0.2, -0.15) is 0 Å². The molecule has 1 aliphatic carbocycles. The van der Waals surface area contributed by atoms with Crippen LogP contribution < -0.4 is 5.32 Å². The fourth-order valence-corrected chi connectivity index (χ4v) is 3.14. The summed E-state index contributed by atoms with van der Waals surface area (Å²) in [6.07, 6.45) is 1.98. The van der Waals surface area contributed by atoms with Gasteiger partial charge in [-0.05, 0) is 24.1 Å². The number of fused-ring (bicyclic) bond motifs is 1. The van der Waals surface area contributed by atoms with Crippen molar-refractivity contribution < 1.29 is 5.11 Å². The van der Waals surface area contributed by atoms with Crippen LogP contribution in [0, 0.1) is 0 Å². The van der Waals surface area contributed by atoms with Crippen LogP contribution in [0.1, 0.15) is 35.7 Å². The molecule has 3 atom stereocenters. The lowest BCUT2D eigenvalue weighted by atomic mass is 10.0. The van der Waals surface area contributed by atoms with E-state index >= 15 is 0 Å². The Hall–Kier alpha value is -1.42. The average Bonchev–Trinajstić information content (AvgIpc) is 2.76. The Bertz CT molecular complexity index is 617. The Morgan fingerprint density at radius 2 is 2.10 bits per heavy atom. The van der Waals surface area contributed by atoms with E-state index in [1.54, 1.807) is 6.20 Å². The zero-order chi connectivity index (χ0) is 14.1. The minimum Gasteiger partial charge on any atom is -0.391 e. The van der Waals surface area contributed by atoms with Crippen LogP contribution in [-0.2, 0) is 6.42 Å². The van der Waals surface area contributed by atoms with Crippen LogP contribution in [0.15, 0.2) is 42.6 Å². The number of halogens is 1. The van der Waals surface area contributed by atoms with Crippen molar-refractivity contribution in [2.75, 3.05) is 0 Å². The number of rotatable bonds is 3. The van der Waals surface area contributed by atoms with E-state index in [2.05, 4.69) is 22.4 Å². The van der Waals surface area contributed by atoms with Crippen molar-refractivity contribution in [2.45, 2.75) is 31.5 Å². The van der Waals surface area contributed by atoms with Crippen molar-refractivity contribution in [3.05, 3.63) is 64.4 Å². The molecule has 0 bridgehead atoms. The number of aliphatic hydroxyl groups excluding tert-OH is 1. The van der Waals surface area contributed by atoms with Crippen molar-refractivity contribution in [1.82, 2.24) is 10.3 Å². The molecule has 4 heteroatoms. The molecule has 0 aliphatic heterocycles. The Morgan fingerprint density at radius 1 is 1.30 bits per heavy atom. The molecule has 3 rings (SSSR count). The first-order chi connectivity index (χ1) is 9.66. The van der Waals surface area contributed by atoms with Crippen LogP contribution in [0.25, 0.3) is 0 Å². The minimum absolute atomic E-state index is 0.0296. The van der Waals surface area contributed by atoms with Crippen molar-refractivity contribution in [1.29, 1.82) is 0 Å². The molecule has 0 radical (unpaired) electrons. The highest BCUT2D eigenvalue weighted by Gasteiger charge is 2.31. The number of hydrogen-bond acceptors (Lipinski definition) is 3. The van der Waals surface area contributed by atoms with Crippen LogP contribution in [-0.4, -0.2) is 16.2 Å². The van der Waals surface area contributed by atoms with Gasteiger partial charge in [0.15, 0.2) is 0 Å². The van der Waals surface area contributed by atoms with E-state index in [4.69, 9.17) is 11.6 Å². The van der Waals surface area contributed by atoms with Gasteiger partial charge >= 0.3 is 0 Å². The Balaban J connectivity index is 1.83. The highest BCUT2D eigenvalue weighted by Crippen LogP contribution is 2.33. The number of nitrogens with one attached hydrogen (secondary N) is 1. The van der Waals surface area contributed by atoms with E-state index in [1.807, 2.05) is 31.2 Å². The highest BCUT2D eigenvalue weighted by molar-refractivity contribution is 6.30. The standard InChI is InChI=1S/C16H17ClN2O/c1-10(12-7-4-8-18-16(12)17)19-15-13-6-3-2-5-11(13)9-14(15)20/h2-8,10,14-15,19-20H,9H2,1H3. The van der Waals surface area contributed by atoms with Gasteiger partial charge in [-0.3, -0.25) is 0 Å². The average molecular weight is 289 g/mol. The quantitative estimate of drug-likeness (QED) is 0.853. The predicted molar refractivity (Wildman–Crippen MR) is 79.7 cm³/mol. The van der Waals surface area contributed by atoms with E-state index in [1.165, 1.54) is 11.1 Å². The van der Waals surface area contributed by atoms with Crippen LogP contribution in [0.4, 0.5) is 0 Å². The minimum atomic E-state index is -0.398. The molecule has 1 aliphatic rings. The van der Waals surface area contributed by atoms with Crippen LogP contribution in [0.2, 0.25) is 5.15 Å². The van der Waals surface area contributed by atoms with Gasteiger partial charge in [0, 0.05) is 24.2 Å². The van der Waals surface area contributed by atoms with E-state index in [-0.39, 0.29) is 12.1 Å². The lowest BCUT2D eigenvalue weighted by Crippen LogP contribution is -2.31. The maximum atomic E-state index is 10.3. The molecule has 0 amide bonds. The fourth-order valence-electron chi connectivity index (χ4n) is 2.86. The Kier molecular flexibility index (Phi) is 3.74. The molecule has 104 valence electrons. The third-order valence-electron chi connectivity index (χ3n) is 3.89. The summed E-state index contributed by atoms with van der Waals surface area (Å²) >= 11 is 6.13. The molecule has 0 saturated carbocycles.